The van der Waals surface area contributed by atoms with E-state index in [0.29, 0.717) is 13.2 Å². The molecule has 0 radical (unpaired) electrons. The maximum atomic E-state index is 11.6. The summed E-state index contributed by atoms with van der Waals surface area (Å²) < 4.78 is 5.05. The summed E-state index contributed by atoms with van der Waals surface area (Å²) in [5, 5.41) is 3.04. The minimum absolute atomic E-state index is 0.0150. The van der Waals surface area contributed by atoms with Crippen LogP contribution in [0.5, 0.6) is 0 Å². The molecule has 0 amide bonds. The Labute approximate surface area is 96.9 Å². The molecule has 5 heteroatoms. The molecule has 1 atom stereocenters. The molecule has 1 saturated heterocycles. The largest absolute Gasteiger partial charge is 0.466 e. The zero-order valence-electron chi connectivity index (χ0n) is 10.3. The van der Waals surface area contributed by atoms with Gasteiger partial charge in [0.15, 0.2) is 5.96 Å². The molecular weight excluding hydrogens is 206 g/mol. The fourth-order valence-corrected chi connectivity index (χ4v) is 2.03. The van der Waals surface area contributed by atoms with E-state index in [4.69, 9.17) is 4.74 Å². The predicted molar refractivity (Wildman–Crippen MR) is 63.3 cm³/mol. The summed E-state index contributed by atoms with van der Waals surface area (Å²) >= 11 is 0. The Morgan fingerprint density at radius 2 is 2.38 bits per heavy atom. The number of hydrogen-bond acceptors (Lipinski definition) is 3. The van der Waals surface area contributed by atoms with Crippen molar-refractivity contribution in [1.82, 2.24) is 10.2 Å². The van der Waals surface area contributed by atoms with E-state index < -0.39 is 0 Å². The van der Waals surface area contributed by atoms with Gasteiger partial charge < -0.3 is 15.0 Å². The van der Waals surface area contributed by atoms with Crippen molar-refractivity contribution in [2.24, 2.45) is 10.9 Å². The number of hydrogen-bond donors (Lipinski definition) is 1. The zero-order chi connectivity index (χ0) is 12.0. The lowest BCUT2D eigenvalue weighted by Crippen LogP contribution is -2.47. The quantitative estimate of drug-likeness (QED) is 0.423. The zero-order valence-corrected chi connectivity index (χ0v) is 10.3. The van der Waals surface area contributed by atoms with E-state index >= 15 is 0 Å². The number of likely N-dealkylation sites (tertiary alicyclic amines) is 1. The number of ether oxygens (including phenoxy) is 1. The third-order valence-corrected chi connectivity index (χ3v) is 2.78. The molecule has 1 heterocycles. The van der Waals surface area contributed by atoms with Gasteiger partial charge in [0.2, 0.25) is 0 Å². The fraction of sp³-hybridized carbons (Fsp3) is 0.818. The highest BCUT2D eigenvalue weighted by atomic mass is 16.5. The average molecular weight is 227 g/mol. The van der Waals surface area contributed by atoms with Crippen LogP contribution in [-0.4, -0.2) is 50.6 Å². The van der Waals surface area contributed by atoms with Crippen molar-refractivity contribution >= 4 is 11.9 Å². The molecule has 1 aliphatic heterocycles. The Hall–Kier alpha value is -1.26. The molecule has 1 N–H and O–H groups in total. The Morgan fingerprint density at radius 3 is 2.94 bits per heavy atom. The second kappa shape index (κ2) is 6.35. The van der Waals surface area contributed by atoms with Gasteiger partial charge in [-0.15, -0.1) is 0 Å². The number of carbonyl (C=O) groups is 1. The smallest absolute Gasteiger partial charge is 0.310 e. The van der Waals surface area contributed by atoms with Crippen LogP contribution in [0.1, 0.15) is 19.8 Å². The Balaban J connectivity index is 2.56. The van der Waals surface area contributed by atoms with Gasteiger partial charge in [-0.2, -0.15) is 0 Å². The highest BCUT2D eigenvalue weighted by Gasteiger charge is 2.27. The second-order valence-electron chi connectivity index (χ2n) is 3.83. The SMILES string of the molecule is CCOC(=O)[C@H]1CCCN(C(=NC)NC)C1. The van der Waals surface area contributed by atoms with Crippen molar-refractivity contribution in [1.29, 1.82) is 0 Å². The van der Waals surface area contributed by atoms with Crippen LogP contribution in [0.2, 0.25) is 0 Å². The van der Waals surface area contributed by atoms with Gasteiger partial charge in [0, 0.05) is 27.2 Å². The highest BCUT2D eigenvalue weighted by Crippen LogP contribution is 2.17. The molecule has 1 fully saturated rings. The van der Waals surface area contributed by atoms with Crippen molar-refractivity contribution in [3.63, 3.8) is 0 Å². The first-order valence-corrected chi connectivity index (χ1v) is 5.79. The number of nitrogens with zero attached hydrogens (tertiary/aromatic N) is 2. The number of carbonyl (C=O) groups excluding carboxylic acids is 1. The van der Waals surface area contributed by atoms with Gasteiger partial charge in [-0.25, -0.2) is 0 Å². The van der Waals surface area contributed by atoms with E-state index in [9.17, 15) is 4.79 Å². The molecule has 0 spiro atoms. The van der Waals surface area contributed by atoms with Crippen molar-refractivity contribution in [2.45, 2.75) is 19.8 Å². The van der Waals surface area contributed by atoms with E-state index in [0.717, 1.165) is 25.3 Å². The van der Waals surface area contributed by atoms with E-state index in [1.165, 1.54) is 0 Å². The Kier molecular flexibility index (Phi) is 5.08. The lowest BCUT2D eigenvalue weighted by Gasteiger charge is -2.33. The highest BCUT2D eigenvalue weighted by molar-refractivity contribution is 5.81. The van der Waals surface area contributed by atoms with Crippen LogP contribution >= 0.6 is 0 Å². The van der Waals surface area contributed by atoms with Crippen LogP contribution in [0.25, 0.3) is 0 Å². The Morgan fingerprint density at radius 1 is 1.62 bits per heavy atom. The summed E-state index contributed by atoms with van der Waals surface area (Å²) in [5.41, 5.74) is 0. The Bertz CT molecular complexity index is 266. The number of rotatable bonds is 2. The molecule has 0 aromatic rings. The molecule has 16 heavy (non-hydrogen) atoms. The van der Waals surface area contributed by atoms with Crippen molar-refractivity contribution < 1.29 is 9.53 Å². The van der Waals surface area contributed by atoms with Gasteiger partial charge in [0.25, 0.3) is 0 Å². The van der Waals surface area contributed by atoms with E-state index in [-0.39, 0.29) is 11.9 Å². The molecule has 1 rings (SSSR count). The van der Waals surface area contributed by atoms with Crippen LogP contribution in [0, 0.1) is 5.92 Å². The lowest BCUT2D eigenvalue weighted by atomic mass is 9.98. The predicted octanol–water partition coefficient (Wildman–Crippen LogP) is 0.467. The third kappa shape index (κ3) is 3.12. The van der Waals surface area contributed by atoms with Gasteiger partial charge >= 0.3 is 5.97 Å². The first-order valence-electron chi connectivity index (χ1n) is 5.79. The van der Waals surface area contributed by atoms with E-state index in [2.05, 4.69) is 15.2 Å². The number of esters is 1. The minimum Gasteiger partial charge on any atom is -0.466 e. The molecular formula is C11H21N3O2. The number of piperidine rings is 1. The molecule has 0 saturated carbocycles. The maximum absolute atomic E-state index is 11.6. The standard InChI is InChI=1S/C11H21N3O2/c1-4-16-10(15)9-6-5-7-14(8-9)11(12-2)13-3/h9H,4-8H2,1-3H3,(H,12,13)/t9-/m0/s1. The molecule has 1 aliphatic rings. The van der Waals surface area contributed by atoms with Gasteiger partial charge in [-0.05, 0) is 19.8 Å². The number of nitrogens with one attached hydrogen (secondary N) is 1. The molecule has 0 unspecified atom stereocenters. The topological polar surface area (TPSA) is 53.9 Å². The molecule has 0 aromatic heterocycles. The number of guanidine groups is 1. The van der Waals surface area contributed by atoms with Crippen LogP contribution in [0.4, 0.5) is 0 Å². The molecule has 5 nitrogen and oxygen atoms in total. The number of aliphatic imine (C=N–C) groups is 1. The fourth-order valence-electron chi connectivity index (χ4n) is 2.03. The summed E-state index contributed by atoms with van der Waals surface area (Å²) in [7, 11) is 3.59. The van der Waals surface area contributed by atoms with E-state index in [1.807, 2.05) is 14.0 Å². The molecule has 92 valence electrons. The summed E-state index contributed by atoms with van der Waals surface area (Å²) in [6.45, 7) is 3.94. The van der Waals surface area contributed by atoms with Crippen LogP contribution in [0.15, 0.2) is 4.99 Å². The third-order valence-electron chi connectivity index (χ3n) is 2.78. The summed E-state index contributed by atoms with van der Waals surface area (Å²) in [6, 6.07) is 0. The first-order chi connectivity index (χ1) is 7.72. The average Bonchev–Trinajstić information content (AvgIpc) is 2.31. The second-order valence-corrected chi connectivity index (χ2v) is 3.83. The molecule has 0 aliphatic carbocycles. The van der Waals surface area contributed by atoms with Crippen molar-refractivity contribution in [2.75, 3.05) is 33.8 Å². The monoisotopic (exact) mass is 227 g/mol. The van der Waals surface area contributed by atoms with Gasteiger partial charge in [0.1, 0.15) is 0 Å². The van der Waals surface area contributed by atoms with Crippen LogP contribution < -0.4 is 5.32 Å². The minimum atomic E-state index is -0.0845. The summed E-state index contributed by atoms with van der Waals surface area (Å²) in [6.07, 6.45) is 1.92. The van der Waals surface area contributed by atoms with Gasteiger partial charge in [-0.3, -0.25) is 9.79 Å². The molecule has 0 bridgehead atoms. The van der Waals surface area contributed by atoms with Crippen molar-refractivity contribution in [3.8, 4) is 0 Å². The summed E-state index contributed by atoms with van der Waals surface area (Å²) in [5.74, 6) is 0.742. The van der Waals surface area contributed by atoms with Gasteiger partial charge in [-0.1, -0.05) is 0 Å². The van der Waals surface area contributed by atoms with Crippen molar-refractivity contribution in [3.05, 3.63) is 0 Å². The molecule has 0 aromatic carbocycles. The summed E-state index contributed by atoms with van der Waals surface area (Å²) in [4.78, 5) is 17.9. The maximum Gasteiger partial charge on any atom is 0.310 e. The van der Waals surface area contributed by atoms with Gasteiger partial charge in [0.05, 0.1) is 12.5 Å². The normalized spacial score (nSPS) is 21.8. The van der Waals surface area contributed by atoms with E-state index in [1.54, 1.807) is 7.05 Å². The lowest BCUT2D eigenvalue weighted by molar-refractivity contribution is -0.149. The van der Waals surface area contributed by atoms with Crippen LogP contribution in [0.3, 0.4) is 0 Å². The first kappa shape index (κ1) is 12.8. The van der Waals surface area contributed by atoms with Crippen LogP contribution in [-0.2, 0) is 9.53 Å².